The quantitative estimate of drug-likeness (QED) is 0.319. The van der Waals surface area contributed by atoms with Crippen molar-refractivity contribution >= 4 is 19.0 Å². The molecule has 0 aromatic carbocycles. The smallest absolute Gasteiger partial charge is 0.210 e. The van der Waals surface area contributed by atoms with Gasteiger partial charge < -0.3 is 18.8 Å². The molecule has 0 saturated carbocycles. The third kappa shape index (κ3) is 3.55. The molecule has 6 heteroatoms. The molecule has 0 aromatic rings. The molecule has 1 N–H and O–H groups in total. The van der Waals surface area contributed by atoms with Gasteiger partial charge in [-0.1, -0.05) is 31.8 Å². The van der Waals surface area contributed by atoms with E-state index in [0.717, 1.165) is 24.7 Å². The second-order valence-corrected chi connectivity index (χ2v) is 5.96. The van der Waals surface area contributed by atoms with Crippen LogP contribution in [0, 0.1) is 5.41 Å². The summed E-state index contributed by atoms with van der Waals surface area (Å²) in [6, 6.07) is 0. The van der Waals surface area contributed by atoms with Gasteiger partial charge in [-0.2, -0.15) is 0 Å². The van der Waals surface area contributed by atoms with Crippen LogP contribution in [0.15, 0.2) is 12.7 Å². The van der Waals surface area contributed by atoms with Gasteiger partial charge in [-0.15, -0.1) is 6.58 Å². The van der Waals surface area contributed by atoms with Crippen molar-refractivity contribution in [2.45, 2.75) is 51.1 Å². The average Bonchev–Trinajstić information content (AvgIpc) is 2.41. The normalized spacial score (nSPS) is 32.7. The molecular formula is C13H25BO4S. The molecule has 3 atom stereocenters. The second kappa shape index (κ2) is 7.13. The third-order valence-corrected chi connectivity index (χ3v) is 4.01. The van der Waals surface area contributed by atoms with Crippen LogP contribution in [0.2, 0.25) is 0 Å². The van der Waals surface area contributed by atoms with E-state index in [4.69, 9.17) is 15.0 Å². The maximum atomic E-state index is 10.4. The largest absolute Gasteiger partial charge is 0.387 e. The molecule has 19 heavy (non-hydrogen) atoms. The molecule has 0 aliphatic carbocycles. The summed E-state index contributed by atoms with van der Waals surface area (Å²) >= 11 is 1.08. The predicted molar refractivity (Wildman–Crippen MR) is 80.5 cm³/mol. The summed E-state index contributed by atoms with van der Waals surface area (Å²) in [5.41, 5.74) is -0.539. The number of hydrogen-bond acceptors (Lipinski definition) is 5. The van der Waals surface area contributed by atoms with Gasteiger partial charge in [0, 0.05) is 12.5 Å². The number of aliphatic hydroxyl groups excluding tert-OH is 1. The van der Waals surface area contributed by atoms with E-state index < -0.39 is 17.3 Å². The van der Waals surface area contributed by atoms with Gasteiger partial charge in [-0.25, -0.2) is 0 Å². The fourth-order valence-electron chi connectivity index (χ4n) is 2.63. The highest BCUT2D eigenvalue weighted by Crippen LogP contribution is 2.44. The van der Waals surface area contributed by atoms with Crippen molar-refractivity contribution < 1.29 is 18.8 Å². The minimum atomic E-state index is -1.10. The second-order valence-electron chi connectivity index (χ2n) is 5.49. The Bertz CT molecular complexity index is 319. The monoisotopic (exact) mass is 290 g/mol. The van der Waals surface area contributed by atoms with E-state index in [2.05, 4.69) is 6.58 Å². The van der Waals surface area contributed by atoms with Gasteiger partial charge in [0.05, 0.1) is 12.7 Å². The Hall–Kier alpha value is -0.00506. The first-order valence-corrected chi connectivity index (χ1v) is 7.40. The zero-order valence-corrected chi connectivity index (χ0v) is 12.9. The Kier molecular flexibility index (Phi) is 5.78. The van der Waals surface area contributed by atoms with Crippen LogP contribution in [0.25, 0.3) is 0 Å². The molecule has 4 nitrogen and oxygen atoms in total. The third-order valence-electron chi connectivity index (χ3n) is 3.72. The fourth-order valence-corrected chi connectivity index (χ4v) is 3.01. The van der Waals surface area contributed by atoms with E-state index in [1.807, 2.05) is 19.9 Å². The van der Waals surface area contributed by atoms with E-state index in [1.165, 1.54) is 0 Å². The molecule has 1 fully saturated rings. The molecule has 0 radical (unpaired) electrons. The molecule has 1 aliphatic heterocycles. The van der Waals surface area contributed by atoms with Crippen LogP contribution < -0.4 is 0 Å². The maximum Gasteiger partial charge on any atom is 0.210 e. The van der Waals surface area contributed by atoms with Crippen LogP contribution in [0.3, 0.4) is 0 Å². The SMILES string of the molecule is [3H]BSOCC(C)(C)[C@]1(OC)O[C@H](CC=C)CCC1O. The standard InChI is InChI=1S/C13H25BO4S/c1-5-6-10-7-8-11(15)13(16-4,18-10)12(2,3)9-17-19-14/h5,10-11,15H,1,6-9,14H2,2-4H3/t10-,11?,13-/m1/s1/i14T. The van der Waals surface area contributed by atoms with Crippen LogP contribution in [0.1, 0.15) is 33.1 Å². The Labute approximate surface area is 122 Å². The van der Waals surface area contributed by atoms with Crippen molar-refractivity contribution in [2.75, 3.05) is 13.7 Å². The zero-order chi connectivity index (χ0) is 15.2. The minimum Gasteiger partial charge on any atom is -0.387 e. The molecule has 0 aromatic heterocycles. The molecular weight excluding hydrogens is 263 g/mol. The van der Waals surface area contributed by atoms with Crippen molar-refractivity contribution in [3.8, 4) is 0 Å². The fraction of sp³-hybridized carbons (Fsp3) is 0.846. The van der Waals surface area contributed by atoms with Crippen molar-refractivity contribution in [2.24, 2.45) is 5.41 Å². The van der Waals surface area contributed by atoms with E-state index in [-0.39, 0.29) is 13.2 Å². The van der Waals surface area contributed by atoms with Gasteiger partial charge in [0.25, 0.3) is 0 Å². The highest BCUT2D eigenvalue weighted by Gasteiger charge is 2.55. The molecule has 110 valence electrons. The van der Waals surface area contributed by atoms with Crippen molar-refractivity contribution in [1.29, 1.82) is 1.34 Å². The van der Waals surface area contributed by atoms with Gasteiger partial charge in [0.2, 0.25) is 12.9 Å². The molecule has 1 unspecified atom stereocenters. The highest BCUT2D eigenvalue weighted by atomic mass is 32.2. The summed E-state index contributed by atoms with van der Waals surface area (Å²) in [5, 5.41) is 10.4. The van der Waals surface area contributed by atoms with E-state index in [9.17, 15) is 5.11 Å². The lowest BCUT2D eigenvalue weighted by Gasteiger charge is -2.51. The molecule has 1 rings (SSSR count). The van der Waals surface area contributed by atoms with Crippen LogP contribution in [0.5, 0.6) is 0 Å². The molecule has 0 bridgehead atoms. The number of hydrogen-bond donors (Lipinski definition) is 1. The first-order valence-electron chi connectivity index (χ1n) is 7.19. The number of methoxy groups -OCH3 is 1. The Morgan fingerprint density at radius 2 is 2.42 bits per heavy atom. The molecule has 1 aliphatic rings. The first-order chi connectivity index (χ1) is 9.43. The minimum absolute atomic E-state index is 0.000969. The number of aliphatic hydroxyl groups is 1. The van der Waals surface area contributed by atoms with Crippen molar-refractivity contribution in [3.63, 3.8) is 0 Å². The van der Waals surface area contributed by atoms with Gasteiger partial charge in [0.15, 0.2) is 0 Å². The number of rotatable bonds is 8. The molecule has 0 amide bonds. The topological polar surface area (TPSA) is 47.9 Å². The maximum absolute atomic E-state index is 10.4. The summed E-state index contributed by atoms with van der Waals surface area (Å²) in [6.45, 7) is 7.96. The summed E-state index contributed by atoms with van der Waals surface area (Å²) in [7, 11) is 1.69. The van der Waals surface area contributed by atoms with Gasteiger partial charge in [-0.05, 0) is 20.6 Å². The van der Waals surface area contributed by atoms with Crippen LogP contribution >= 0.6 is 11.9 Å². The lowest BCUT2D eigenvalue weighted by molar-refractivity contribution is -0.358. The van der Waals surface area contributed by atoms with Crippen molar-refractivity contribution in [3.05, 3.63) is 12.7 Å². The molecule has 1 heterocycles. The van der Waals surface area contributed by atoms with Gasteiger partial charge in [-0.3, -0.25) is 0 Å². The van der Waals surface area contributed by atoms with Crippen molar-refractivity contribution in [1.82, 2.24) is 0 Å². The van der Waals surface area contributed by atoms with Crippen LogP contribution in [-0.4, -0.2) is 45.2 Å². The zero-order valence-electron chi connectivity index (χ0n) is 13.1. The molecule has 1 saturated heterocycles. The summed E-state index contributed by atoms with van der Waals surface area (Å²) in [4.78, 5) is 0. The summed E-state index contributed by atoms with van der Waals surface area (Å²) < 4.78 is 24.2. The first kappa shape index (κ1) is 15.4. The Morgan fingerprint density at radius 3 is 3.00 bits per heavy atom. The highest BCUT2D eigenvalue weighted by molar-refractivity contribution is 8.15. The summed E-state index contributed by atoms with van der Waals surface area (Å²) in [6.07, 6.45) is 3.27. The average molecular weight is 290 g/mol. The lowest BCUT2D eigenvalue weighted by atomic mass is 9.77. The van der Waals surface area contributed by atoms with Gasteiger partial charge >= 0.3 is 0 Å². The summed E-state index contributed by atoms with van der Waals surface area (Å²) in [5.74, 6) is -1.10. The number of ether oxygens (including phenoxy) is 2. The Morgan fingerprint density at radius 1 is 1.68 bits per heavy atom. The van der Waals surface area contributed by atoms with Crippen LogP contribution in [-0.2, 0) is 13.7 Å². The molecule has 0 spiro atoms. The van der Waals surface area contributed by atoms with Crippen LogP contribution in [0.4, 0.5) is 0 Å². The van der Waals surface area contributed by atoms with E-state index in [0.29, 0.717) is 13.0 Å². The Balaban J connectivity index is 2.87. The predicted octanol–water partition coefficient (Wildman–Crippen LogP) is 1.68. The lowest BCUT2D eigenvalue weighted by Crippen LogP contribution is -2.62. The van der Waals surface area contributed by atoms with E-state index >= 15 is 0 Å². The van der Waals surface area contributed by atoms with E-state index in [1.54, 1.807) is 7.11 Å². The van der Waals surface area contributed by atoms with Gasteiger partial charge in [0.1, 0.15) is 6.10 Å².